The van der Waals surface area contributed by atoms with Crippen LogP contribution in [0.2, 0.25) is 0 Å². The number of quaternary nitrogens is 1. The number of carbonyl (C=O) groups excluding carboxylic acids is 2. The Bertz CT molecular complexity index is 733. The number of nitrogens with zero attached hydrogens (tertiary/aromatic N) is 1. The van der Waals surface area contributed by atoms with Crippen molar-refractivity contribution in [3.05, 3.63) is 24.3 Å². The lowest BCUT2D eigenvalue weighted by atomic mass is 9.85. The lowest BCUT2D eigenvalue weighted by Crippen LogP contribution is -2.63. The van der Waals surface area contributed by atoms with Gasteiger partial charge in [0.15, 0.2) is 11.6 Å². The molecule has 0 heterocycles. The van der Waals surface area contributed by atoms with Gasteiger partial charge in [0.25, 0.3) is 0 Å². The molecule has 0 aliphatic carbocycles. The molecule has 0 amide bonds. The van der Waals surface area contributed by atoms with Crippen molar-refractivity contribution in [2.75, 3.05) is 21.1 Å². The zero-order valence-electron chi connectivity index (χ0n) is 31.4. The van der Waals surface area contributed by atoms with E-state index >= 15 is 0 Å². The summed E-state index contributed by atoms with van der Waals surface area (Å²) in [7, 11) is 9.36. The van der Waals surface area contributed by atoms with Crippen molar-refractivity contribution in [1.82, 2.24) is 0 Å². The molecule has 0 radical (unpaired) electrons. The van der Waals surface area contributed by atoms with E-state index < -0.39 is 11.4 Å². The number of rotatable bonds is 34. The summed E-state index contributed by atoms with van der Waals surface area (Å²) in [4.78, 5) is 26.7. The molecule has 5 heteroatoms. The number of hydrogen-bond donors (Lipinski definition) is 1. The summed E-state index contributed by atoms with van der Waals surface area (Å²) in [6.07, 6.45) is 41.0. The summed E-state index contributed by atoms with van der Waals surface area (Å²) in [5.41, 5.74) is -1.98. The van der Waals surface area contributed by atoms with Crippen LogP contribution in [0.5, 0.6) is 0 Å². The summed E-state index contributed by atoms with van der Waals surface area (Å²) < 4.78 is 0.295. The smallest absolute Gasteiger partial charge is 0.204 e. The maximum absolute atomic E-state index is 13.4. The van der Waals surface area contributed by atoms with E-state index in [2.05, 4.69) is 47.4 Å². The fraction of sp³-hybridized carbons (Fsp3) is 0.854. The second-order valence-corrected chi connectivity index (χ2v) is 15.3. The van der Waals surface area contributed by atoms with Gasteiger partial charge in [0, 0.05) is 18.6 Å². The molecule has 0 rings (SSSR count). The van der Waals surface area contributed by atoms with E-state index in [4.69, 9.17) is 0 Å². The summed E-state index contributed by atoms with van der Waals surface area (Å²) in [6, 6.07) is 0. The summed E-state index contributed by atoms with van der Waals surface area (Å²) in [6.45, 7) is 4.52. The fourth-order valence-electron chi connectivity index (χ4n) is 6.11. The Morgan fingerprint density at radius 2 is 0.783 bits per heavy atom. The second-order valence-electron chi connectivity index (χ2n) is 14.8. The molecular formula is C41H78NO3P. The van der Waals surface area contributed by atoms with Gasteiger partial charge in [-0.05, 0) is 64.2 Å². The molecule has 1 atom stereocenters. The van der Waals surface area contributed by atoms with Crippen molar-refractivity contribution < 1.29 is 19.2 Å². The first-order valence-electron chi connectivity index (χ1n) is 19.7. The summed E-state index contributed by atoms with van der Waals surface area (Å²) in [5, 5.41) is 11.6. The maximum atomic E-state index is 13.4. The minimum absolute atomic E-state index is 0.258. The monoisotopic (exact) mass is 664 g/mol. The highest BCUT2D eigenvalue weighted by molar-refractivity contribution is 7.17. The van der Waals surface area contributed by atoms with E-state index in [1.807, 2.05) is 21.1 Å². The SMILES string of the molecule is CCCCCCCC/C=C/CCCCCCCC(=O)C(O)(C(=O)CCCCCCC/C=C/CCCCCCCC)C([PH-])[N+](C)(C)C. The number of hydrogen-bond acceptors (Lipinski definition) is 3. The van der Waals surface area contributed by atoms with Gasteiger partial charge in [-0.25, -0.2) is 0 Å². The third-order valence-corrected chi connectivity index (χ3v) is 10.5. The second kappa shape index (κ2) is 30.2. The van der Waals surface area contributed by atoms with E-state index in [1.165, 1.54) is 103 Å². The van der Waals surface area contributed by atoms with Gasteiger partial charge in [0.2, 0.25) is 5.60 Å². The van der Waals surface area contributed by atoms with Crippen LogP contribution in [0.25, 0.3) is 0 Å². The average molecular weight is 664 g/mol. The van der Waals surface area contributed by atoms with E-state index in [0.29, 0.717) is 4.48 Å². The van der Waals surface area contributed by atoms with Gasteiger partial charge in [0.1, 0.15) is 0 Å². The molecular weight excluding hydrogens is 585 g/mol. The van der Waals surface area contributed by atoms with Gasteiger partial charge in [-0.2, -0.15) is 0 Å². The molecule has 270 valence electrons. The topological polar surface area (TPSA) is 54.4 Å². The lowest BCUT2D eigenvalue weighted by Gasteiger charge is -2.46. The molecule has 1 N–H and O–H groups in total. The van der Waals surface area contributed by atoms with Gasteiger partial charge >= 0.3 is 0 Å². The van der Waals surface area contributed by atoms with Crippen molar-refractivity contribution in [3.63, 3.8) is 0 Å². The highest BCUT2D eigenvalue weighted by atomic mass is 31.0. The molecule has 0 aromatic heterocycles. The molecule has 46 heavy (non-hydrogen) atoms. The Labute approximate surface area is 289 Å². The average Bonchev–Trinajstić information content (AvgIpc) is 3.03. The molecule has 0 aromatic carbocycles. The number of aliphatic hydroxyl groups is 1. The van der Waals surface area contributed by atoms with Gasteiger partial charge in [-0.15, -0.1) is 0 Å². The molecule has 0 aliphatic heterocycles. The van der Waals surface area contributed by atoms with Crippen molar-refractivity contribution in [1.29, 1.82) is 0 Å². The van der Waals surface area contributed by atoms with Gasteiger partial charge in [-0.3, -0.25) is 9.59 Å². The zero-order valence-corrected chi connectivity index (χ0v) is 32.4. The van der Waals surface area contributed by atoms with Crippen LogP contribution in [-0.4, -0.2) is 53.7 Å². The van der Waals surface area contributed by atoms with Crippen LogP contribution in [0.1, 0.15) is 194 Å². The Kier molecular flexibility index (Phi) is 29.7. The number of ketones is 2. The highest BCUT2D eigenvalue weighted by Gasteiger charge is 2.48. The maximum Gasteiger partial charge on any atom is 0.204 e. The summed E-state index contributed by atoms with van der Waals surface area (Å²) in [5.74, 6) is -1.31. The standard InChI is InChI=1S/C41H78NO3P/c1-6-8-10-12-14-16-18-20-22-24-26-28-30-32-34-36-38(43)41(45,40(46)42(3,4)5)39(44)37-35-33-31-29-27-25-23-21-19-17-15-13-11-9-7-2/h20-23,40,45-46H,6-19,24-37H2,1-5H3/b22-20+,23-21+. The van der Waals surface area contributed by atoms with Crippen LogP contribution in [0, 0.1) is 0 Å². The minimum Gasteiger partial charge on any atom is -0.488 e. The number of Topliss-reactive ketones (excluding diaryl/α,β-unsaturated/α-hetero) is 2. The van der Waals surface area contributed by atoms with Crippen LogP contribution in [0.15, 0.2) is 24.3 Å². The third-order valence-electron chi connectivity index (χ3n) is 9.35. The van der Waals surface area contributed by atoms with Crippen LogP contribution in [-0.2, 0) is 9.59 Å². The zero-order chi connectivity index (χ0) is 34.4. The van der Waals surface area contributed by atoms with Crippen molar-refractivity contribution in [2.24, 2.45) is 0 Å². The molecule has 0 aliphatic rings. The van der Waals surface area contributed by atoms with Crippen LogP contribution < -0.4 is 0 Å². The molecule has 0 saturated heterocycles. The molecule has 0 fully saturated rings. The lowest BCUT2D eigenvalue weighted by molar-refractivity contribution is -0.885. The largest absolute Gasteiger partial charge is 0.488 e. The normalized spacial score (nSPS) is 13.3. The van der Waals surface area contributed by atoms with E-state index in [-0.39, 0.29) is 24.4 Å². The minimum atomic E-state index is -1.98. The first kappa shape index (κ1) is 45.2. The van der Waals surface area contributed by atoms with Crippen LogP contribution >= 0.6 is 9.24 Å². The van der Waals surface area contributed by atoms with E-state index in [9.17, 15) is 14.7 Å². The van der Waals surface area contributed by atoms with Crippen molar-refractivity contribution >= 4 is 20.8 Å². The molecule has 1 unspecified atom stereocenters. The highest BCUT2D eigenvalue weighted by Crippen LogP contribution is 2.30. The Morgan fingerprint density at radius 3 is 1.07 bits per heavy atom. The number of carbonyl (C=O) groups is 2. The Hall–Kier alpha value is -0.830. The summed E-state index contributed by atoms with van der Waals surface area (Å²) >= 11 is 0. The molecule has 0 saturated carbocycles. The van der Waals surface area contributed by atoms with Gasteiger partial charge in [-0.1, -0.05) is 141 Å². The predicted molar refractivity (Wildman–Crippen MR) is 204 cm³/mol. The van der Waals surface area contributed by atoms with Crippen molar-refractivity contribution in [3.8, 4) is 0 Å². The van der Waals surface area contributed by atoms with E-state index in [0.717, 1.165) is 64.2 Å². The third kappa shape index (κ3) is 23.5. The molecule has 0 aromatic rings. The Morgan fingerprint density at radius 1 is 0.522 bits per heavy atom. The molecule has 0 bridgehead atoms. The number of unbranched alkanes of at least 4 members (excludes halogenated alkanes) is 22. The van der Waals surface area contributed by atoms with Crippen LogP contribution in [0.4, 0.5) is 0 Å². The van der Waals surface area contributed by atoms with Crippen molar-refractivity contribution in [2.45, 2.75) is 205 Å². The van der Waals surface area contributed by atoms with Gasteiger partial charge in [0.05, 0.1) is 21.1 Å². The first-order valence-corrected chi connectivity index (χ1v) is 20.3. The Balaban J connectivity index is 4.26. The number of likely N-dealkylation sites (N-methyl/N-ethyl adjacent to an activating group) is 1. The quantitative estimate of drug-likeness (QED) is 0.0245. The molecule has 0 spiro atoms. The fourth-order valence-corrected chi connectivity index (χ4v) is 6.44. The molecule has 4 nitrogen and oxygen atoms in total. The van der Waals surface area contributed by atoms with Gasteiger partial charge < -0.3 is 18.8 Å². The first-order chi connectivity index (χ1) is 22.1. The predicted octanol–water partition coefficient (Wildman–Crippen LogP) is 12.1. The van der Waals surface area contributed by atoms with Crippen LogP contribution in [0.3, 0.4) is 0 Å². The van der Waals surface area contributed by atoms with E-state index in [1.54, 1.807) is 0 Å². The number of allylic oxidation sites excluding steroid dienone is 4.